The maximum atomic E-state index is 12.7. The van der Waals surface area contributed by atoms with Crippen LogP contribution in [0.5, 0.6) is 5.75 Å². The second kappa shape index (κ2) is 8.56. The van der Waals surface area contributed by atoms with Crippen LogP contribution in [0.4, 0.5) is 0 Å². The molecule has 3 rings (SSSR count). The quantitative estimate of drug-likeness (QED) is 0.580. The highest BCUT2D eigenvalue weighted by molar-refractivity contribution is 8.26. The molecule has 1 aliphatic rings. The second-order valence-corrected chi connectivity index (χ2v) is 7.55. The molecule has 1 aliphatic heterocycles. The van der Waals surface area contributed by atoms with Crippen LogP contribution < -0.4 is 10.2 Å². The number of halogens is 1. The smallest absolute Gasteiger partial charge is 0.285 e. The number of carbonyl (C=O) groups excluding carboxylic acids is 2. The van der Waals surface area contributed by atoms with Crippen molar-refractivity contribution >= 4 is 57.8 Å². The third-order valence-electron chi connectivity index (χ3n) is 3.60. The number of nitrogens with zero attached hydrogens (tertiary/aromatic N) is 1. The van der Waals surface area contributed by atoms with Crippen molar-refractivity contribution < 1.29 is 14.3 Å². The molecule has 0 bridgehead atoms. The molecule has 5 nitrogen and oxygen atoms in total. The van der Waals surface area contributed by atoms with Gasteiger partial charge < -0.3 is 4.74 Å². The zero-order valence-electron chi connectivity index (χ0n) is 14.3. The molecule has 1 saturated heterocycles. The highest BCUT2D eigenvalue weighted by Crippen LogP contribution is 2.34. The molecule has 138 valence electrons. The first-order valence-electron chi connectivity index (χ1n) is 8.06. The Labute approximate surface area is 171 Å². The number of hydrazine groups is 1. The average molecular weight is 419 g/mol. The Morgan fingerprint density at radius 2 is 2.04 bits per heavy atom. The molecule has 2 aromatic rings. The maximum Gasteiger partial charge on any atom is 0.285 e. The normalized spacial score (nSPS) is 15.3. The monoisotopic (exact) mass is 418 g/mol. The summed E-state index contributed by atoms with van der Waals surface area (Å²) >= 11 is 12.4. The van der Waals surface area contributed by atoms with E-state index in [1.54, 1.807) is 54.6 Å². The van der Waals surface area contributed by atoms with E-state index >= 15 is 0 Å². The van der Waals surface area contributed by atoms with E-state index in [4.69, 9.17) is 28.6 Å². The molecule has 2 aromatic carbocycles. The highest BCUT2D eigenvalue weighted by Gasteiger charge is 2.34. The van der Waals surface area contributed by atoms with Crippen LogP contribution in [0.3, 0.4) is 0 Å². The number of ether oxygens (including phenoxy) is 1. The van der Waals surface area contributed by atoms with Gasteiger partial charge >= 0.3 is 0 Å². The minimum atomic E-state index is -0.411. The number of nitrogens with one attached hydrogen (secondary N) is 1. The molecular formula is C19H15ClN2O3S2. The van der Waals surface area contributed by atoms with Crippen molar-refractivity contribution in [1.82, 2.24) is 10.4 Å². The van der Waals surface area contributed by atoms with Crippen molar-refractivity contribution in [2.24, 2.45) is 0 Å². The topological polar surface area (TPSA) is 58.6 Å². The Kier molecular flexibility index (Phi) is 6.15. The Bertz CT molecular complexity index is 932. The fraction of sp³-hybridized carbons (Fsp3) is 0.105. The summed E-state index contributed by atoms with van der Waals surface area (Å²) in [7, 11) is 0. The summed E-state index contributed by atoms with van der Waals surface area (Å²) in [5, 5.41) is 1.60. The van der Waals surface area contributed by atoms with Gasteiger partial charge in [-0.25, -0.2) is 0 Å². The van der Waals surface area contributed by atoms with E-state index in [0.717, 1.165) is 16.8 Å². The van der Waals surface area contributed by atoms with Gasteiger partial charge in [0.05, 0.1) is 11.5 Å². The largest absolute Gasteiger partial charge is 0.493 e. The van der Waals surface area contributed by atoms with E-state index in [0.29, 0.717) is 33.4 Å². The molecule has 0 aromatic heterocycles. The third kappa shape index (κ3) is 4.50. The van der Waals surface area contributed by atoms with Gasteiger partial charge in [-0.2, -0.15) is 5.01 Å². The Hall–Kier alpha value is -2.35. The summed E-state index contributed by atoms with van der Waals surface area (Å²) in [4.78, 5) is 25.4. The molecule has 27 heavy (non-hydrogen) atoms. The summed E-state index contributed by atoms with van der Waals surface area (Å²) in [5.41, 5.74) is 3.65. The van der Waals surface area contributed by atoms with Gasteiger partial charge in [0, 0.05) is 16.1 Å². The van der Waals surface area contributed by atoms with Crippen LogP contribution in [0.25, 0.3) is 6.08 Å². The van der Waals surface area contributed by atoms with Gasteiger partial charge in [0.1, 0.15) is 5.75 Å². The third-order valence-corrected chi connectivity index (χ3v) is 5.14. The number of benzene rings is 2. The SMILES string of the molecule is CCOc1ccc(Cl)cc1/C=C1\SC(=S)N(NC(=O)c2ccccc2)C1=O. The predicted octanol–water partition coefficient (Wildman–Crippen LogP) is 4.28. The van der Waals surface area contributed by atoms with Gasteiger partial charge in [-0.05, 0) is 55.5 Å². The standard InChI is InChI=1S/C19H15ClN2O3S2/c1-2-25-15-9-8-14(20)10-13(15)11-16-18(24)22(19(26)27-16)21-17(23)12-6-4-3-5-7-12/h3-11H,2H2,1H3,(H,21,23)/b16-11-. The molecule has 0 atom stereocenters. The van der Waals surface area contributed by atoms with Gasteiger partial charge in [-0.1, -0.05) is 41.6 Å². The van der Waals surface area contributed by atoms with Crippen molar-refractivity contribution in [3.05, 3.63) is 69.6 Å². The maximum absolute atomic E-state index is 12.7. The molecule has 0 unspecified atom stereocenters. The van der Waals surface area contributed by atoms with Gasteiger partial charge in [-0.3, -0.25) is 15.0 Å². The number of carbonyl (C=O) groups is 2. The lowest BCUT2D eigenvalue weighted by Crippen LogP contribution is -2.44. The van der Waals surface area contributed by atoms with E-state index in [9.17, 15) is 9.59 Å². The number of thioether (sulfide) groups is 1. The summed E-state index contributed by atoms with van der Waals surface area (Å²) in [5.74, 6) is -0.205. The lowest BCUT2D eigenvalue weighted by Gasteiger charge is -2.15. The van der Waals surface area contributed by atoms with Crippen LogP contribution in [0.2, 0.25) is 5.02 Å². The molecule has 0 radical (unpaired) electrons. The Morgan fingerprint density at radius 1 is 1.30 bits per heavy atom. The van der Waals surface area contributed by atoms with E-state index in [1.807, 2.05) is 6.92 Å². The van der Waals surface area contributed by atoms with Crippen LogP contribution >= 0.6 is 35.6 Å². The average Bonchev–Trinajstić information content (AvgIpc) is 2.92. The van der Waals surface area contributed by atoms with Crippen LogP contribution in [0.1, 0.15) is 22.8 Å². The molecule has 0 saturated carbocycles. The van der Waals surface area contributed by atoms with E-state index in [2.05, 4.69) is 5.43 Å². The number of amides is 2. The first kappa shape index (κ1) is 19.4. The Morgan fingerprint density at radius 3 is 2.74 bits per heavy atom. The van der Waals surface area contributed by atoms with Crippen molar-refractivity contribution in [2.45, 2.75) is 6.92 Å². The number of hydrogen-bond acceptors (Lipinski definition) is 5. The van der Waals surface area contributed by atoms with E-state index in [-0.39, 0.29) is 4.32 Å². The lowest BCUT2D eigenvalue weighted by atomic mass is 10.2. The van der Waals surface area contributed by atoms with Crippen molar-refractivity contribution in [3.63, 3.8) is 0 Å². The van der Waals surface area contributed by atoms with Crippen LogP contribution in [0, 0.1) is 0 Å². The van der Waals surface area contributed by atoms with Crippen LogP contribution in [-0.4, -0.2) is 27.8 Å². The van der Waals surface area contributed by atoms with Crippen molar-refractivity contribution in [2.75, 3.05) is 6.61 Å². The number of rotatable bonds is 5. The number of thiocarbonyl (C=S) groups is 1. The second-order valence-electron chi connectivity index (χ2n) is 5.44. The molecular weight excluding hydrogens is 404 g/mol. The summed E-state index contributed by atoms with van der Waals surface area (Å²) < 4.78 is 5.82. The first-order valence-corrected chi connectivity index (χ1v) is 9.66. The molecule has 8 heteroatoms. The van der Waals surface area contributed by atoms with Gasteiger partial charge in [-0.15, -0.1) is 0 Å². The van der Waals surface area contributed by atoms with Crippen LogP contribution in [-0.2, 0) is 4.79 Å². The zero-order chi connectivity index (χ0) is 19.4. The molecule has 1 N–H and O–H groups in total. The molecule has 0 spiro atoms. The fourth-order valence-corrected chi connectivity index (χ4v) is 3.73. The van der Waals surface area contributed by atoms with Crippen LogP contribution in [0.15, 0.2) is 53.4 Å². The lowest BCUT2D eigenvalue weighted by molar-refractivity contribution is -0.123. The molecule has 0 aliphatic carbocycles. The molecule has 1 fully saturated rings. The molecule has 2 amide bonds. The minimum Gasteiger partial charge on any atom is -0.493 e. The number of hydrogen-bond donors (Lipinski definition) is 1. The van der Waals surface area contributed by atoms with Crippen molar-refractivity contribution in [3.8, 4) is 5.75 Å². The highest BCUT2D eigenvalue weighted by atomic mass is 35.5. The summed E-state index contributed by atoms with van der Waals surface area (Å²) in [6.07, 6.45) is 1.66. The zero-order valence-corrected chi connectivity index (χ0v) is 16.7. The minimum absolute atomic E-state index is 0.246. The van der Waals surface area contributed by atoms with Gasteiger partial charge in [0.15, 0.2) is 4.32 Å². The molecule has 1 heterocycles. The Balaban J connectivity index is 1.83. The van der Waals surface area contributed by atoms with E-state index < -0.39 is 11.8 Å². The van der Waals surface area contributed by atoms with Crippen molar-refractivity contribution in [1.29, 1.82) is 0 Å². The van der Waals surface area contributed by atoms with Gasteiger partial charge in [0.25, 0.3) is 11.8 Å². The summed E-state index contributed by atoms with van der Waals surface area (Å²) in [6, 6.07) is 13.8. The van der Waals surface area contributed by atoms with Gasteiger partial charge in [0.2, 0.25) is 0 Å². The van der Waals surface area contributed by atoms with E-state index in [1.165, 1.54) is 0 Å². The predicted molar refractivity (Wildman–Crippen MR) is 112 cm³/mol. The first-order chi connectivity index (χ1) is 13.0. The summed E-state index contributed by atoms with van der Waals surface area (Å²) in [6.45, 7) is 2.35. The fourth-order valence-electron chi connectivity index (χ4n) is 2.38.